The minimum absolute atomic E-state index is 0.236. The van der Waals surface area contributed by atoms with Gasteiger partial charge >= 0.3 is 6.18 Å². The summed E-state index contributed by atoms with van der Waals surface area (Å²) < 4.78 is 39.6. The van der Waals surface area contributed by atoms with Gasteiger partial charge in [0.05, 0.1) is 5.56 Å². The zero-order valence-electron chi connectivity index (χ0n) is 14.9. The number of alkyl halides is 3. The van der Waals surface area contributed by atoms with E-state index in [1.807, 2.05) is 4.90 Å². The summed E-state index contributed by atoms with van der Waals surface area (Å²) in [6.07, 6.45) is -2.98. The van der Waals surface area contributed by atoms with Crippen LogP contribution in [0.2, 0.25) is 0 Å². The third kappa shape index (κ3) is 3.23. The van der Waals surface area contributed by atoms with Crippen LogP contribution in [0, 0.1) is 0 Å². The highest BCUT2D eigenvalue weighted by atomic mass is 19.4. The van der Waals surface area contributed by atoms with Gasteiger partial charge in [-0.3, -0.25) is 4.79 Å². The second-order valence-electron chi connectivity index (χ2n) is 6.44. The fourth-order valence-corrected chi connectivity index (χ4v) is 3.18. The largest absolute Gasteiger partial charge is 0.416 e. The van der Waals surface area contributed by atoms with E-state index in [9.17, 15) is 18.0 Å². The lowest BCUT2D eigenvalue weighted by Gasteiger charge is -2.35. The zero-order chi connectivity index (χ0) is 19.9. The Hall–Kier alpha value is -3.24. The summed E-state index contributed by atoms with van der Waals surface area (Å²) in [5, 5.41) is 8.05. The number of aromatic nitrogens is 5. The minimum atomic E-state index is -4.42. The van der Waals surface area contributed by atoms with Crippen molar-refractivity contribution in [3.63, 3.8) is 0 Å². The third-order valence-corrected chi connectivity index (χ3v) is 4.69. The SMILES string of the molecule is Cn1nnc2c(N3CCN(C(=O)c4ccc(C(F)(F)F)cc4)CC3)ncnc21. The van der Waals surface area contributed by atoms with Crippen LogP contribution in [0.5, 0.6) is 0 Å². The third-order valence-electron chi connectivity index (χ3n) is 4.69. The fraction of sp³-hybridized carbons (Fsp3) is 0.353. The number of halogens is 3. The molecule has 1 aliphatic heterocycles. The Balaban J connectivity index is 1.45. The van der Waals surface area contributed by atoms with Crippen LogP contribution in [0.15, 0.2) is 30.6 Å². The standard InChI is InChI=1S/C17H16F3N7O/c1-25-14-13(23-24-25)15(22-10-21-14)26-6-8-27(9-7-26)16(28)11-2-4-12(5-3-11)17(18,19)20/h2-5,10H,6-9H2,1H3. The number of amides is 1. The molecule has 0 radical (unpaired) electrons. The average Bonchev–Trinajstić information content (AvgIpc) is 3.08. The topological polar surface area (TPSA) is 80.0 Å². The van der Waals surface area contributed by atoms with Crippen molar-refractivity contribution in [2.24, 2.45) is 7.05 Å². The molecule has 1 fully saturated rings. The number of aryl methyl sites for hydroxylation is 1. The van der Waals surface area contributed by atoms with E-state index < -0.39 is 11.7 Å². The van der Waals surface area contributed by atoms with Crippen molar-refractivity contribution in [3.8, 4) is 0 Å². The van der Waals surface area contributed by atoms with Crippen molar-refractivity contribution >= 4 is 22.9 Å². The molecular formula is C17H16F3N7O. The van der Waals surface area contributed by atoms with Gasteiger partial charge in [-0.15, -0.1) is 5.10 Å². The van der Waals surface area contributed by atoms with Crippen LogP contribution in [0.4, 0.5) is 19.0 Å². The molecule has 3 aromatic rings. The first-order valence-electron chi connectivity index (χ1n) is 8.56. The van der Waals surface area contributed by atoms with Gasteiger partial charge in [-0.2, -0.15) is 13.2 Å². The predicted octanol–water partition coefficient (Wildman–Crippen LogP) is 1.74. The Labute approximate surface area is 157 Å². The number of nitrogens with zero attached hydrogens (tertiary/aromatic N) is 7. The van der Waals surface area contributed by atoms with E-state index in [1.54, 1.807) is 16.6 Å². The number of carbonyl (C=O) groups is 1. The van der Waals surface area contributed by atoms with Crippen molar-refractivity contribution in [1.29, 1.82) is 0 Å². The maximum absolute atomic E-state index is 12.7. The number of anilines is 1. The van der Waals surface area contributed by atoms with Crippen LogP contribution >= 0.6 is 0 Å². The van der Waals surface area contributed by atoms with Crippen LogP contribution in [0.3, 0.4) is 0 Å². The zero-order valence-corrected chi connectivity index (χ0v) is 14.9. The first-order valence-corrected chi connectivity index (χ1v) is 8.56. The Morgan fingerprint density at radius 2 is 1.71 bits per heavy atom. The first-order chi connectivity index (χ1) is 13.3. The Morgan fingerprint density at radius 1 is 1.04 bits per heavy atom. The van der Waals surface area contributed by atoms with Crippen molar-refractivity contribution in [3.05, 3.63) is 41.7 Å². The highest BCUT2D eigenvalue weighted by molar-refractivity contribution is 5.94. The molecule has 4 rings (SSSR count). The van der Waals surface area contributed by atoms with Crippen molar-refractivity contribution in [2.75, 3.05) is 31.1 Å². The predicted molar refractivity (Wildman–Crippen MR) is 93.7 cm³/mol. The molecule has 0 bridgehead atoms. The molecule has 2 aromatic heterocycles. The number of hydrogen-bond acceptors (Lipinski definition) is 6. The summed E-state index contributed by atoms with van der Waals surface area (Å²) in [6.45, 7) is 1.89. The molecule has 3 heterocycles. The molecule has 28 heavy (non-hydrogen) atoms. The quantitative estimate of drug-likeness (QED) is 0.662. The summed E-state index contributed by atoms with van der Waals surface area (Å²) in [6, 6.07) is 4.28. The van der Waals surface area contributed by atoms with Crippen LogP contribution in [-0.4, -0.2) is 61.9 Å². The van der Waals surface area contributed by atoms with Crippen LogP contribution in [0.1, 0.15) is 15.9 Å². The summed E-state index contributed by atoms with van der Waals surface area (Å²) in [4.78, 5) is 24.7. The molecular weight excluding hydrogens is 375 g/mol. The van der Waals surface area contributed by atoms with E-state index in [0.29, 0.717) is 43.2 Å². The molecule has 1 amide bonds. The van der Waals surface area contributed by atoms with Gasteiger partial charge in [0, 0.05) is 38.8 Å². The van der Waals surface area contributed by atoms with E-state index in [1.165, 1.54) is 18.5 Å². The van der Waals surface area contributed by atoms with Crippen LogP contribution in [-0.2, 0) is 13.2 Å². The molecule has 0 aliphatic carbocycles. The molecule has 0 unspecified atom stereocenters. The summed E-state index contributed by atoms with van der Waals surface area (Å²) >= 11 is 0. The molecule has 11 heteroatoms. The Bertz CT molecular complexity index is 1010. The second kappa shape index (κ2) is 6.73. The first kappa shape index (κ1) is 18.1. The van der Waals surface area contributed by atoms with Gasteiger partial charge in [0.25, 0.3) is 5.91 Å². The van der Waals surface area contributed by atoms with Crippen molar-refractivity contribution < 1.29 is 18.0 Å². The summed E-state index contributed by atoms with van der Waals surface area (Å²) in [5.41, 5.74) is 0.672. The fourth-order valence-electron chi connectivity index (χ4n) is 3.18. The molecule has 0 spiro atoms. The summed E-state index contributed by atoms with van der Waals surface area (Å²) in [7, 11) is 1.74. The van der Waals surface area contributed by atoms with Gasteiger partial charge in [0.2, 0.25) is 0 Å². The molecule has 8 nitrogen and oxygen atoms in total. The van der Waals surface area contributed by atoms with Crippen LogP contribution in [0.25, 0.3) is 11.2 Å². The van der Waals surface area contributed by atoms with Gasteiger partial charge in [-0.05, 0) is 24.3 Å². The van der Waals surface area contributed by atoms with E-state index >= 15 is 0 Å². The van der Waals surface area contributed by atoms with E-state index in [2.05, 4.69) is 20.3 Å². The molecule has 0 N–H and O–H groups in total. The lowest BCUT2D eigenvalue weighted by Crippen LogP contribution is -2.49. The van der Waals surface area contributed by atoms with Gasteiger partial charge in [0.1, 0.15) is 6.33 Å². The monoisotopic (exact) mass is 391 g/mol. The maximum Gasteiger partial charge on any atom is 0.416 e. The molecule has 146 valence electrons. The van der Waals surface area contributed by atoms with Gasteiger partial charge in [-0.1, -0.05) is 5.21 Å². The molecule has 1 saturated heterocycles. The Kier molecular flexibility index (Phi) is 4.36. The van der Waals surface area contributed by atoms with E-state index in [0.717, 1.165) is 12.1 Å². The van der Waals surface area contributed by atoms with Crippen molar-refractivity contribution in [2.45, 2.75) is 6.18 Å². The molecule has 1 aromatic carbocycles. The number of fused-ring (bicyclic) bond motifs is 1. The number of rotatable bonds is 2. The van der Waals surface area contributed by atoms with Crippen molar-refractivity contribution in [1.82, 2.24) is 29.9 Å². The van der Waals surface area contributed by atoms with E-state index in [4.69, 9.17) is 0 Å². The minimum Gasteiger partial charge on any atom is -0.351 e. The highest BCUT2D eigenvalue weighted by Gasteiger charge is 2.31. The normalized spacial score (nSPS) is 15.3. The molecule has 0 atom stereocenters. The smallest absolute Gasteiger partial charge is 0.351 e. The lowest BCUT2D eigenvalue weighted by atomic mass is 10.1. The van der Waals surface area contributed by atoms with Crippen LogP contribution < -0.4 is 4.90 Å². The van der Waals surface area contributed by atoms with Gasteiger partial charge in [-0.25, -0.2) is 14.6 Å². The second-order valence-corrected chi connectivity index (χ2v) is 6.44. The number of piperazine rings is 1. The van der Waals surface area contributed by atoms with Gasteiger partial charge in [0.15, 0.2) is 17.0 Å². The van der Waals surface area contributed by atoms with Gasteiger partial charge < -0.3 is 9.80 Å². The number of benzene rings is 1. The van der Waals surface area contributed by atoms with E-state index in [-0.39, 0.29) is 11.5 Å². The molecule has 0 saturated carbocycles. The summed E-state index contributed by atoms with van der Waals surface area (Å²) in [5.74, 6) is 0.362. The average molecular weight is 391 g/mol. The maximum atomic E-state index is 12.7. The highest BCUT2D eigenvalue weighted by Crippen LogP contribution is 2.29. The number of carbonyl (C=O) groups excluding carboxylic acids is 1. The Morgan fingerprint density at radius 3 is 2.36 bits per heavy atom. The lowest BCUT2D eigenvalue weighted by molar-refractivity contribution is -0.137. The number of hydrogen-bond donors (Lipinski definition) is 0. The molecule has 1 aliphatic rings.